The second kappa shape index (κ2) is 10.9. The SMILES string of the molecule is NS(=O)(=O)c1ccccc1-c1c(-c2ccc(F)cc2)nc(C(F)(F)F)nc1N1CCN(Cc2ccccn2)CC1. The number of nitrogens with two attached hydrogens (primary N) is 1. The molecule has 3 heterocycles. The van der Waals surface area contributed by atoms with E-state index in [-0.39, 0.29) is 33.1 Å². The van der Waals surface area contributed by atoms with Crippen LogP contribution in [0.15, 0.2) is 77.8 Å². The lowest BCUT2D eigenvalue weighted by Gasteiger charge is -2.36. The highest BCUT2D eigenvalue weighted by Gasteiger charge is 2.38. The normalized spacial score (nSPS) is 14.9. The summed E-state index contributed by atoms with van der Waals surface area (Å²) in [7, 11) is -4.29. The Balaban J connectivity index is 1.67. The van der Waals surface area contributed by atoms with E-state index >= 15 is 0 Å². The minimum Gasteiger partial charge on any atom is -0.353 e. The van der Waals surface area contributed by atoms with Gasteiger partial charge in [0.05, 0.1) is 21.8 Å². The summed E-state index contributed by atoms with van der Waals surface area (Å²) in [5, 5.41) is 5.50. The Kier molecular flexibility index (Phi) is 7.53. The van der Waals surface area contributed by atoms with E-state index in [1.54, 1.807) is 17.2 Å². The molecule has 2 N–H and O–H groups in total. The monoisotopic (exact) mass is 572 g/mol. The van der Waals surface area contributed by atoms with Crippen LogP contribution >= 0.6 is 0 Å². The van der Waals surface area contributed by atoms with Gasteiger partial charge in [0.2, 0.25) is 15.8 Å². The molecule has 0 unspecified atom stereocenters. The molecule has 8 nitrogen and oxygen atoms in total. The number of piperazine rings is 1. The van der Waals surface area contributed by atoms with Gasteiger partial charge in [0, 0.05) is 50.0 Å². The van der Waals surface area contributed by atoms with Crippen molar-refractivity contribution in [1.82, 2.24) is 19.9 Å². The van der Waals surface area contributed by atoms with Crippen LogP contribution < -0.4 is 10.0 Å². The lowest BCUT2D eigenvalue weighted by Crippen LogP contribution is -2.46. The number of hydrogen-bond acceptors (Lipinski definition) is 7. The van der Waals surface area contributed by atoms with Gasteiger partial charge < -0.3 is 4.90 Å². The molecule has 5 rings (SSSR count). The van der Waals surface area contributed by atoms with Gasteiger partial charge in [-0.2, -0.15) is 13.2 Å². The summed E-state index contributed by atoms with van der Waals surface area (Å²) >= 11 is 0. The topological polar surface area (TPSA) is 105 Å². The highest BCUT2D eigenvalue weighted by atomic mass is 32.2. The van der Waals surface area contributed by atoms with Crippen molar-refractivity contribution in [2.24, 2.45) is 5.14 Å². The molecule has 1 aliphatic heterocycles. The van der Waals surface area contributed by atoms with Crippen LogP contribution in [-0.2, 0) is 22.7 Å². The van der Waals surface area contributed by atoms with Crippen LogP contribution in [0.4, 0.5) is 23.4 Å². The van der Waals surface area contributed by atoms with Crippen molar-refractivity contribution >= 4 is 15.8 Å². The molecule has 208 valence electrons. The molecule has 0 aliphatic carbocycles. The largest absolute Gasteiger partial charge is 0.451 e. The predicted octanol–water partition coefficient (Wildman–Crippen LogP) is 4.33. The second-order valence-electron chi connectivity index (χ2n) is 9.22. The molecule has 1 aliphatic rings. The van der Waals surface area contributed by atoms with Crippen LogP contribution in [0, 0.1) is 5.82 Å². The highest BCUT2D eigenvalue weighted by molar-refractivity contribution is 7.89. The molecule has 0 amide bonds. The number of pyridine rings is 1. The number of halogens is 4. The van der Waals surface area contributed by atoms with Crippen molar-refractivity contribution in [1.29, 1.82) is 0 Å². The summed E-state index contributed by atoms with van der Waals surface area (Å²) in [5.41, 5.74) is 0.929. The van der Waals surface area contributed by atoms with Gasteiger partial charge in [-0.15, -0.1) is 0 Å². The summed E-state index contributed by atoms with van der Waals surface area (Å²) in [6.07, 6.45) is -3.21. The first-order valence-electron chi connectivity index (χ1n) is 12.3. The molecule has 0 spiro atoms. The molecule has 2 aromatic carbocycles. The van der Waals surface area contributed by atoms with E-state index in [0.717, 1.165) is 17.8 Å². The summed E-state index contributed by atoms with van der Waals surface area (Å²) in [6, 6.07) is 16.1. The van der Waals surface area contributed by atoms with E-state index in [1.807, 2.05) is 18.2 Å². The Labute approximate surface area is 228 Å². The number of aromatic nitrogens is 3. The molecule has 0 bridgehead atoms. The maximum Gasteiger partial charge on any atom is 0.451 e. The Morgan fingerprint density at radius 2 is 1.55 bits per heavy atom. The third kappa shape index (κ3) is 5.96. The number of hydrogen-bond donors (Lipinski definition) is 1. The first-order valence-corrected chi connectivity index (χ1v) is 13.8. The molecule has 1 fully saturated rings. The minimum atomic E-state index is -4.90. The van der Waals surface area contributed by atoms with E-state index in [4.69, 9.17) is 5.14 Å². The van der Waals surface area contributed by atoms with E-state index < -0.39 is 27.8 Å². The summed E-state index contributed by atoms with van der Waals surface area (Å²) in [6.45, 7) is 2.14. The zero-order valence-electron chi connectivity index (χ0n) is 21.0. The van der Waals surface area contributed by atoms with Gasteiger partial charge in [-0.05, 0) is 42.5 Å². The number of alkyl halides is 3. The first-order chi connectivity index (χ1) is 19.0. The summed E-state index contributed by atoms with van der Waals surface area (Å²) in [5.74, 6) is -2.07. The molecule has 1 saturated heterocycles. The predicted molar refractivity (Wildman–Crippen MR) is 141 cm³/mol. The first kappa shape index (κ1) is 27.6. The molecule has 4 aromatic rings. The van der Waals surface area contributed by atoms with Crippen molar-refractivity contribution in [2.45, 2.75) is 17.6 Å². The number of anilines is 1. The van der Waals surface area contributed by atoms with Gasteiger partial charge in [-0.1, -0.05) is 24.3 Å². The van der Waals surface area contributed by atoms with Gasteiger partial charge in [0.15, 0.2) is 0 Å². The van der Waals surface area contributed by atoms with Crippen molar-refractivity contribution in [3.05, 3.63) is 90.3 Å². The van der Waals surface area contributed by atoms with Crippen molar-refractivity contribution in [3.63, 3.8) is 0 Å². The average Bonchev–Trinajstić information content (AvgIpc) is 2.93. The van der Waals surface area contributed by atoms with Crippen LogP contribution in [-0.4, -0.2) is 54.4 Å². The third-order valence-corrected chi connectivity index (χ3v) is 7.48. The van der Waals surface area contributed by atoms with Crippen LogP contribution in [0.5, 0.6) is 0 Å². The molecule has 0 saturated carbocycles. The van der Waals surface area contributed by atoms with Gasteiger partial charge in [-0.25, -0.2) is 27.9 Å². The molecule has 40 heavy (non-hydrogen) atoms. The summed E-state index contributed by atoms with van der Waals surface area (Å²) in [4.78, 5) is 15.6. The minimum absolute atomic E-state index is 0.0453. The number of rotatable bonds is 6. The maximum atomic E-state index is 14.1. The van der Waals surface area contributed by atoms with E-state index in [9.17, 15) is 26.0 Å². The highest BCUT2D eigenvalue weighted by Crippen LogP contribution is 2.42. The fraction of sp³-hybridized carbons (Fsp3) is 0.222. The number of primary sulfonamides is 1. The Hall–Kier alpha value is -3.94. The number of sulfonamides is 1. The molecule has 2 aromatic heterocycles. The molecule has 0 atom stereocenters. The summed E-state index contributed by atoms with van der Waals surface area (Å²) < 4.78 is 81.0. The van der Waals surface area contributed by atoms with Gasteiger partial charge >= 0.3 is 6.18 Å². The zero-order chi connectivity index (χ0) is 28.5. The second-order valence-corrected chi connectivity index (χ2v) is 10.8. The molecule has 13 heteroatoms. The Morgan fingerprint density at radius 3 is 2.17 bits per heavy atom. The van der Waals surface area contributed by atoms with Gasteiger partial charge in [0.1, 0.15) is 11.6 Å². The van der Waals surface area contributed by atoms with Crippen molar-refractivity contribution < 1.29 is 26.0 Å². The molecular formula is C27H24F4N6O2S. The number of nitrogens with zero attached hydrogens (tertiary/aromatic N) is 5. The maximum absolute atomic E-state index is 14.1. The zero-order valence-corrected chi connectivity index (χ0v) is 21.8. The molecular weight excluding hydrogens is 548 g/mol. The smallest absolute Gasteiger partial charge is 0.353 e. The van der Waals surface area contributed by atoms with Crippen LogP contribution in [0.3, 0.4) is 0 Å². The molecule has 0 radical (unpaired) electrons. The van der Waals surface area contributed by atoms with Crippen LogP contribution in [0.2, 0.25) is 0 Å². The quantitative estimate of drug-likeness (QED) is 0.343. The lowest BCUT2D eigenvalue weighted by atomic mass is 9.98. The van der Waals surface area contributed by atoms with E-state index in [1.165, 1.54) is 30.3 Å². The van der Waals surface area contributed by atoms with E-state index in [2.05, 4.69) is 19.9 Å². The van der Waals surface area contributed by atoms with Crippen LogP contribution in [0.25, 0.3) is 22.4 Å². The third-order valence-electron chi connectivity index (χ3n) is 6.51. The fourth-order valence-electron chi connectivity index (χ4n) is 4.63. The van der Waals surface area contributed by atoms with Gasteiger partial charge in [0.25, 0.3) is 0 Å². The van der Waals surface area contributed by atoms with Crippen molar-refractivity contribution in [2.75, 3.05) is 31.1 Å². The average molecular weight is 573 g/mol. The van der Waals surface area contributed by atoms with Crippen molar-refractivity contribution in [3.8, 4) is 22.4 Å². The standard InChI is InChI=1S/C27H24F4N6O2S/c28-19-10-8-18(9-11-19)24-23(21-6-1-2-7-22(21)40(32,38)39)25(35-26(34-24)27(29,30)31)37-15-13-36(14-16-37)17-20-5-3-4-12-33-20/h1-12H,13-17H2,(H2,32,38,39). The van der Waals surface area contributed by atoms with Gasteiger partial charge in [-0.3, -0.25) is 9.88 Å². The Morgan fingerprint density at radius 1 is 0.875 bits per heavy atom. The Bertz CT molecular complexity index is 1610. The van der Waals surface area contributed by atoms with Crippen LogP contribution in [0.1, 0.15) is 11.5 Å². The number of benzene rings is 2. The fourth-order valence-corrected chi connectivity index (χ4v) is 5.37. The lowest BCUT2D eigenvalue weighted by molar-refractivity contribution is -0.144. The van der Waals surface area contributed by atoms with E-state index in [0.29, 0.717) is 32.7 Å².